The molecule has 1 aliphatic rings. The average molecular weight is 195 g/mol. The number of carbonyl (C=O) groups excluding carboxylic acids is 1. The Labute approximate surface area is 80.1 Å². The summed E-state index contributed by atoms with van der Waals surface area (Å²) in [5, 5.41) is 12.0. The highest BCUT2D eigenvalue weighted by Crippen LogP contribution is 2.32. The Hall–Kier alpha value is -1.00. The van der Waals surface area contributed by atoms with Gasteiger partial charge < -0.3 is 10.4 Å². The Bertz CT molecular complexity index is 351. The van der Waals surface area contributed by atoms with E-state index in [4.69, 9.17) is 5.11 Å². The van der Waals surface area contributed by atoms with E-state index in [2.05, 4.69) is 5.32 Å². The van der Waals surface area contributed by atoms with E-state index in [1.165, 1.54) is 11.8 Å². The van der Waals surface area contributed by atoms with Gasteiger partial charge in [0, 0.05) is 10.6 Å². The molecular formula is C9H9NO2S. The van der Waals surface area contributed by atoms with Crippen LogP contribution in [0, 0.1) is 0 Å². The summed E-state index contributed by atoms with van der Waals surface area (Å²) in [5.74, 6) is 0. The molecule has 1 aliphatic heterocycles. The lowest BCUT2D eigenvalue weighted by atomic mass is 10.2. The Morgan fingerprint density at radius 1 is 1.54 bits per heavy atom. The van der Waals surface area contributed by atoms with Gasteiger partial charge in [0.25, 0.3) is 0 Å². The van der Waals surface area contributed by atoms with Crippen molar-refractivity contribution in [3.8, 4) is 0 Å². The minimum atomic E-state index is 0.0159. The zero-order valence-corrected chi connectivity index (χ0v) is 7.73. The first kappa shape index (κ1) is 8.59. The SMILES string of the molecule is O=C1CNc2ccc(CO)cc2S1. The van der Waals surface area contributed by atoms with Crippen molar-refractivity contribution in [2.24, 2.45) is 0 Å². The summed E-state index contributed by atoms with van der Waals surface area (Å²) in [4.78, 5) is 12.0. The van der Waals surface area contributed by atoms with Gasteiger partial charge in [0.05, 0.1) is 13.2 Å². The van der Waals surface area contributed by atoms with E-state index in [0.717, 1.165) is 16.1 Å². The summed E-state index contributed by atoms with van der Waals surface area (Å²) in [7, 11) is 0. The Kier molecular flexibility index (Phi) is 2.24. The van der Waals surface area contributed by atoms with Gasteiger partial charge in [-0.25, -0.2) is 0 Å². The van der Waals surface area contributed by atoms with Crippen LogP contribution in [0.25, 0.3) is 0 Å². The van der Waals surface area contributed by atoms with Gasteiger partial charge in [-0.2, -0.15) is 0 Å². The topological polar surface area (TPSA) is 49.3 Å². The summed E-state index contributed by atoms with van der Waals surface area (Å²) in [6.45, 7) is 0.401. The molecule has 1 heterocycles. The molecule has 0 saturated carbocycles. The van der Waals surface area contributed by atoms with E-state index in [9.17, 15) is 4.79 Å². The molecule has 0 bridgehead atoms. The highest BCUT2D eigenvalue weighted by Gasteiger charge is 2.15. The highest BCUT2D eigenvalue weighted by atomic mass is 32.2. The molecule has 0 fully saturated rings. The second kappa shape index (κ2) is 3.40. The second-order valence-corrected chi connectivity index (χ2v) is 3.92. The molecule has 13 heavy (non-hydrogen) atoms. The maximum atomic E-state index is 11.1. The van der Waals surface area contributed by atoms with Gasteiger partial charge in [-0.1, -0.05) is 6.07 Å². The number of anilines is 1. The van der Waals surface area contributed by atoms with Gasteiger partial charge in [-0.3, -0.25) is 4.79 Å². The third kappa shape index (κ3) is 1.68. The molecule has 3 nitrogen and oxygen atoms in total. The number of hydrogen-bond donors (Lipinski definition) is 2. The fourth-order valence-electron chi connectivity index (χ4n) is 1.22. The van der Waals surface area contributed by atoms with E-state index in [0.29, 0.717) is 6.54 Å². The van der Waals surface area contributed by atoms with Gasteiger partial charge in [-0.05, 0) is 29.5 Å². The van der Waals surface area contributed by atoms with Crippen molar-refractivity contribution in [3.63, 3.8) is 0 Å². The maximum absolute atomic E-state index is 11.1. The molecule has 0 aromatic heterocycles. The number of rotatable bonds is 1. The zero-order valence-electron chi connectivity index (χ0n) is 6.91. The van der Waals surface area contributed by atoms with E-state index < -0.39 is 0 Å². The average Bonchev–Trinajstić information content (AvgIpc) is 2.16. The fourth-order valence-corrected chi connectivity index (χ4v) is 2.07. The van der Waals surface area contributed by atoms with Crippen molar-refractivity contribution in [1.82, 2.24) is 0 Å². The Morgan fingerprint density at radius 3 is 3.15 bits per heavy atom. The summed E-state index contributed by atoms with van der Waals surface area (Å²) in [6.07, 6.45) is 0. The number of hydrogen-bond acceptors (Lipinski definition) is 4. The summed E-state index contributed by atoms with van der Waals surface area (Å²) in [6, 6.07) is 5.58. The molecule has 0 atom stereocenters. The molecule has 1 aromatic carbocycles. The molecule has 0 spiro atoms. The lowest BCUT2D eigenvalue weighted by Gasteiger charge is -2.16. The largest absolute Gasteiger partial charge is 0.392 e. The summed E-state index contributed by atoms with van der Waals surface area (Å²) >= 11 is 1.23. The molecule has 0 radical (unpaired) electrons. The fraction of sp³-hybridized carbons (Fsp3) is 0.222. The van der Waals surface area contributed by atoms with Crippen molar-refractivity contribution in [1.29, 1.82) is 0 Å². The molecule has 68 valence electrons. The lowest BCUT2D eigenvalue weighted by Crippen LogP contribution is -2.15. The molecule has 1 aromatic rings. The predicted molar refractivity (Wildman–Crippen MR) is 51.7 cm³/mol. The van der Waals surface area contributed by atoms with Crippen LogP contribution in [0.5, 0.6) is 0 Å². The normalized spacial score (nSPS) is 15.0. The van der Waals surface area contributed by atoms with Crippen LogP contribution in [0.4, 0.5) is 5.69 Å². The zero-order chi connectivity index (χ0) is 9.26. The minimum absolute atomic E-state index is 0.0159. The van der Waals surface area contributed by atoms with Crippen molar-refractivity contribution in [3.05, 3.63) is 23.8 Å². The molecule has 0 saturated heterocycles. The second-order valence-electron chi connectivity index (χ2n) is 2.82. The minimum Gasteiger partial charge on any atom is -0.392 e. The number of nitrogens with one attached hydrogen (secondary N) is 1. The number of aliphatic hydroxyl groups excluding tert-OH is 1. The van der Waals surface area contributed by atoms with Crippen LogP contribution < -0.4 is 5.32 Å². The van der Waals surface area contributed by atoms with Crippen LogP contribution in [-0.4, -0.2) is 16.8 Å². The standard InChI is InChI=1S/C9H9NO2S/c11-5-6-1-2-7-8(3-6)13-9(12)4-10-7/h1-3,10-11H,4-5H2. The third-order valence-electron chi connectivity index (χ3n) is 1.88. The van der Waals surface area contributed by atoms with Crippen LogP contribution in [-0.2, 0) is 11.4 Å². The van der Waals surface area contributed by atoms with Crippen molar-refractivity contribution in [2.45, 2.75) is 11.5 Å². The first-order valence-electron chi connectivity index (χ1n) is 3.98. The summed E-state index contributed by atoms with van der Waals surface area (Å²) in [5.41, 5.74) is 1.81. The van der Waals surface area contributed by atoms with Crippen LogP contribution in [0.3, 0.4) is 0 Å². The molecular weight excluding hydrogens is 186 g/mol. The van der Waals surface area contributed by atoms with Crippen LogP contribution in [0.1, 0.15) is 5.56 Å². The smallest absolute Gasteiger partial charge is 0.212 e. The number of thioether (sulfide) groups is 1. The lowest BCUT2D eigenvalue weighted by molar-refractivity contribution is -0.109. The van der Waals surface area contributed by atoms with Crippen molar-refractivity contribution >= 4 is 22.6 Å². The first-order chi connectivity index (χ1) is 6.29. The third-order valence-corrected chi connectivity index (χ3v) is 2.81. The first-order valence-corrected chi connectivity index (χ1v) is 4.79. The number of aliphatic hydroxyl groups is 1. The van der Waals surface area contributed by atoms with Gasteiger partial charge in [0.15, 0.2) is 0 Å². The van der Waals surface area contributed by atoms with Crippen molar-refractivity contribution < 1.29 is 9.90 Å². The maximum Gasteiger partial charge on any atom is 0.212 e. The number of carbonyl (C=O) groups is 1. The van der Waals surface area contributed by atoms with E-state index in [-0.39, 0.29) is 11.7 Å². The molecule has 2 rings (SSSR count). The molecule has 4 heteroatoms. The number of fused-ring (bicyclic) bond motifs is 1. The Morgan fingerprint density at radius 2 is 2.38 bits per heavy atom. The molecule has 0 aliphatic carbocycles. The van der Waals surface area contributed by atoms with E-state index in [1.807, 2.05) is 18.2 Å². The van der Waals surface area contributed by atoms with Gasteiger partial charge in [0.1, 0.15) is 0 Å². The molecule has 0 unspecified atom stereocenters. The quantitative estimate of drug-likeness (QED) is 0.707. The monoisotopic (exact) mass is 195 g/mol. The Balaban J connectivity index is 2.38. The van der Waals surface area contributed by atoms with E-state index >= 15 is 0 Å². The summed E-state index contributed by atoms with van der Waals surface area (Å²) < 4.78 is 0. The number of benzene rings is 1. The van der Waals surface area contributed by atoms with Crippen LogP contribution >= 0.6 is 11.8 Å². The predicted octanol–water partition coefficient (Wildman–Crippen LogP) is 1.22. The van der Waals surface area contributed by atoms with Crippen LogP contribution in [0.2, 0.25) is 0 Å². The van der Waals surface area contributed by atoms with Gasteiger partial charge in [-0.15, -0.1) is 0 Å². The van der Waals surface area contributed by atoms with E-state index in [1.54, 1.807) is 0 Å². The molecule has 2 N–H and O–H groups in total. The van der Waals surface area contributed by atoms with Gasteiger partial charge in [0.2, 0.25) is 5.12 Å². The van der Waals surface area contributed by atoms with Gasteiger partial charge >= 0.3 is 0 Å². The van der Waals surface area contributed by atoms with Crippen molar-refractivity contribution in [2.75, 3.05) is 11.9 Å². The van der Waals surface area contributed by atoms with Crippen LogP contribution in [0.15, 0.2) is 23.1 Å². The molecule has 0 amide bonds. The highest BCUT2D eigenvalue weighted by molar-refractivity contribution is 8.14.